The molecular weight excluding hydrogens is 344 g/mol. The van der Waals surface area contributed by atoms with Gasteiger partial charge in [0, 0.05) is 23.2 Å². The zero-order chi connectivity index (χ0) is 18.5. The summed E-state index contributed by atoms with van der Waals surface area (Å²) in [7, 11) is 0. The fraction of sp³-hybridized carbons (Fsp3) is 0.409. The van der Waals surface area contributed by atoms with Crippen molar-refractivity contribution in [1.82, 2.24) is 4.90 Å². The molecule has 4 heteroatoms. The Morgan fingerprint density at radius 1 is 1.12 bits per heavy atom. The number of anilines is 1. The lowest BCUT2D eigenvalue weighted by Crippen LogP contribution is -2.38. The number of para-hydroxylation sites is 1. The summed E-state index contributed by atoms with van der Waals surface area (Å²) >= 11 is 6.27. The Bertz CT molecular complexity index is 766. The number of benzene rings is 2. The van der Waals surface area contributed by atoms with E-state index in [0.717, 1.165) is 60.7 Å². The van der Waals surface area contributed by atoms with E-state index in [1.807, 2.05) is 18.2 Å². The van der Waals surface area contributed by atoms with Gasteiger partial charge in [0.2, 0.25) is 5.91 Å². The molecule has 1 fully saturated rings. The molecule has 26 heavy (non-hydrogen) atoms. The Balaban J connectivity index is 1.57. The predicted molar refractivity (Wildman–Crippen MR) is 109 cm³/mol. The zero-order valence-electron chi connectivity index (χ0n) is 15.6. The lowest BCUT2D eigenvalue weighted by atomic mass is 9.95. The van der Waals surface area contributed by atoms with Crippen molar-refractivity contribution in [3.63, 3.8) is 0 Å². The molecule has 1 aliphatic heterocycles. The van der Waals surface area contributed by atoms with Gasteiger partial charge in [0.15, 0.2) is 0 Å². The maximum atomic E-state index is 12.8. The molecule has 1 saturated heterocycles. The van der Waals surface area contributed by atoms with Gasteiger partial charge in [-0.2, -0.15) is 0 Å². The number of likely N-dealkylation sites (tertiary alicyclic amines) is 1. The minimum atomic E-state index is 0.0850. The second kappa shape index (κ2) is 8.70. The van der Waals surface area contributed by atoms with Crippen LogP contribution in [-0.4, -0.2) is 23.9 Å². The van der Waals surface area contributed by atoms with Gasteiger partial charge in [-0.1, -0.05) is 54.9 Å². The maximum Gasteiger partial charge on any atom is 0.227 e. The van der Waals surface area contributed by atoms with E-state index < -0.39 is 0 Å². The van der Waals surface area contributed by atoms with Crippen molar-refractivity contribution in [1.29, 1.82) is 0 Å². The highest BCUT2D eigenvalue weighted by Crippen LogP contribution is 2.26. The van der Waals surface area contributed by atoms with Crippen molar-refractivity contribution in [3.8, 4) is 0 Å². The first-order valence-electron chi connectivity index (χ1n) is 9.43. The topological polar surface area (TPSA) is 32.3 Å². The number of carbonyl (C=O) groups excluding carboxylic acids is 1. The Labute approximate surface area is 161 Å². The minimum Gasteiger partial charge on any atom is -0.325 e. The lowest BCUT2D eigenvalue weighted by Gasteiger charge is -2.31. The van der Waals surface area contributed by atoms with E-state index in [9.17, 15) is 4.79 Å². The molecule has 2 aromatic rings. The molecule has 0 bridgehead atoms. The average Bonchev–Trinajstić information content (AvgIpc) is 2.65. The lowest BCUT2D eigenvalue weighted by molar-refractivity contribution is -0.121. The van der Waals surface area contributed by atoms with Crippen molar-refractivity contribution in [2.75, 3.05) is 18.4 Å². The summed E-state index contributed by atoms with van der Waals surface area (Å²) in [5, 5.41) is 4.01. The van der Waals surface area contributed by atoms with Gasteiger partial charge in [0.05, 0.1) is 0 Å². The highest BCUT2D eigenvalue weighted by atomic mass is 35.5. The van der Waals surface area contributed by atoms with Gasteiger partial charge >= 0.3 is 0 Å². The number of halogens is 1. The fourth-order valence-corrected chi connectivity index (χ4v) is 3.84. The molecular formula is C22H27ClN2O. The SMILES string of the molecule is CCc1cccc(C)c1NC(=O)C1CCN(Cc2ccccc2Cl)CC1. The summed E-state index contributed by atoms with van der Waals surface area (Å²) in [5.74, 6) is 0.244. The number of hydrogen-bond donors (Lipinski definition) is 1. The van der Waals surface area contributed by atoms with E-state index in [0.29, 0.717) is 0 Å². The van der Waals surface area contributed by atoms with E-state index in [1.54, 1.807) is 0 Å². The molecule has 0 unspecified atom stereocenters. The Kier molecular flexibility index (Phi) is 6.33. The largest absolute Gasteiger partial charge is 0.325 e. The molecule has 0 radical (unpaired) electrons. The van der Waals surface area contributed by atoms with Gasteiger partial charge in [-0.3, -0.25) is 9.69 Å². The van der Waals surface area contributed by atoms with Crippen LogP contribution in [0.3, 0.4) is 0 Å². The third-order valence-electron chi connectivity index (χ3n) is 5.30. The molecule has 1 aliphatic rings. The number of nitrogens with zero attached hydrogens (tertiary/aromatic N) is 1. The quantitative estimate of drug-likeness (QED) is 0.797. The van der Waals surface area contributed by atoms with Gasteiger partial charge in [-0.15, -0.1) is 0 Å². The fourth-order valence-electron chi connectivity index (χ4n) is 3.65. The summed E-state index contributed by atoms with van der Waals surface area (Å²) in [5.41, 5.74) is 4.49. The zero-order valence-corrected chi connectivity index (χ0v) is 16.4. The van der Waals surface area contributed by atoms with Crippen LogP contribution in [0.4, 0.5) is 5.69 Å². The molecule has 0 atom stereocenters. The number of carbonyl (C=O) groups is 1. The predicted octanol–water partition coefficient (Wildman–Crippen LogP) is 5.06. The average molecular weight is 371 g/mol. The van der Waals surface area contributed by atoms with Gasteiger partial charge in [-0.05, 0) is 62.0 Å². The van der Waals surface area contributed by atoms with Crippen LogP contribution in [0.25, 0.3) is 0 Å². The van der Waals surface area contributed by atoms with Crippen LogP contribution in [0, 0.1) is 12.8 Å². The highest BCUT2D eigenvalue weighted by Gasteiger charge is 2.26. The third-order valence-corrected chi connectivity index (χ3v) is 5.67. The standard InChI is InChI=1S/C22H27ClN2O/c1-3-17-9-6-7-16(2)21(17)24-22(26)18-11-13-25(14-12-18)15-19-8-4-5-10-20(19)23/h4-10,18H,3,11-15H2,1-2H3,(H,24,26). The van der Waals surface area contributed by atoms with Crippen molar-refractivity contribution in [2.45, 2.75) is 39.7 Å². The van der Waals surface area contributed by atoms with E-state index in [1.165, 1.54) is 5.56 Å². The molecule has 3 nitrogen and oxygen atoms in total. The number of hydrogen-bond acceptors (Lipinski definition) is 2. The molecule has 1 heterocycles. The van der Waals surface area contributed by atoms with Gasteiger partial charge in [0.1, 0.15) is 0 Å². The van der Waals surface area contributed by atoms with Gasteiger partial charge in [0.25, 0.3) is 0 Å². The number of amides is 1. The van der Waals surface area contributed by atoms with E-state index in [2.05, 4.69) is 48.3 Å². The first-order chi connectivity index (χ1) is 12.6. The molecule has 0 spiro atoms. The monoisotopic (exact) mass is 370 g/mol. The van der Waals surface area contributed by atoms with Crippen LogP contribution < -0.4 is 5.32 Å². The van der Waals surface area contributed by atoms with Crippen molar-refractivity contribution in [2.24, 2.45) is 5.92 Å². The molecule has 0 aromatic heterocycles. The second-order valence-electron chi connectivity index (χ2n) is 7.09. The van der Waals surface area contributed by atoms with Crippen LogP contribution >= 0.6 is 11.6 Å². The first-order valence-corrected chi connectivity index (χ1v) is 9.81. The van der Waals surface area contributed by atoms with Crippen LogP contribution in [0.15, 0.2) is 42.5 Å². The van der Waals surface area contributed by atoms with Gasteiger partial charge < -0.3 is 5.32 Å². The third kappa shape index (κ3) is 4.46. The first kappa shape index (κ1) is 18.9. The smallest absolute Gasteiger partial charge is 0.227 e. The van der Waals surface area contributed by atoms with Crippen LogP contribution in [0.1, 0.15) is 36.5 Å². The Hall–Kier alpha value is -1.84. The molecule has 3 rings (SSSR count). The second-order valence-corrected chi connectivity index (χ2v) is 7.50. The van der Waals surface area contributed by atoms with Crippen molar-refractivity contribution in [3.05, 3.63) is 64.2 Å². The summed E-state index contributed by atoms with van der Waals surface area (Å²) < 4.78 is 0. The summed E-state index contributed by atoms with van der Waals surface area (Å²) in [6.07, 6.45) is 2.71. The summed E-state index contributed by atoms with van der Waals surface area (Å²) in [4.78, 5) is 15.1. The normalized spacial score (nSPS) is 15.8. The van der Waals surface area contributed by atoms with E-state index in [4.69, 9.17) is 11.6 Å². The molecule has 1 N–H and O–H groups in total. The van der Waals surface area contributed by atoms with Crippen LogP contribution in [0.2, 0.25) is 5.02 Å². The van der Waals surface area contributed by atoms with Crippen molar-refractivity contribution < 1.29 is 4.79 Å². The summed E-state index contributed by atoms with van der Waals surface area (Å²) in [6, 6.07) is 14.2. The number of nitrogens with one attached hydrogen (secondary N) is 1. The van der Waals surface area contributed by atoms with Crippen LogP contribution in [0.5, 0.6) is 0 Å². The highest BCUT2D eigenvalue weighted by molar-refractivity contribution is 6.31. The summed E-state index contributed by atoms with van der Waals surface area (Å²) in [6.45, 7) is 6.89. The molecule has 0 aliphatic carbocycles. The number of rotatable bonds is 5. The Morgan fingerprint density at radius 2 is 1.81 bits per heavy atom. The van der Waals surface area contributed by atoms with E-state index >= 15 is 0 Å². The molecule has 2 aromatic carbocycles. The van der Waals surface area contributed by atoms with Crippen molar-refractivity contribution >= 4 is 23.2 Å². The maximum absolute atomic E-state index is 12.8. The Morgan fingerprint density at radius 3 is 2.50 bits per heavy atom. The van der Waals surface area contributed by atoms with E-state index in [-0.39, 0.29) is 11.8 Å². The van der Waals surface area contributed by atoms with Gasteiger partial charge in [-0.25, -0.2) is 0 Å². The van der Waals surface area contributed by atoms with Crippen LogP contribution in [-0.2, 0) is 17.8 Å². The number of aryl methyl sites for hydroxylation is 2. The minimum absolute atomic E-state index is 0.0850. The molecule has 1 amide bonds. The number of piperidine rings is 1. The molecule has 0 saturated carbocycles. The molecule has 138 valence electrons.